The van der Waals surface area contributed by atoms with Gasteiger partial charge < -0.3 is 9.88 Å². The summed E-state index contributed by atoms with van der Waals surface area (Å²) in [6.45, 7) is 2.17. The van der Waals surface area contributed by atoms with Crippen molar-refractivity contribution in [3.8, 4) is 0 Å². The molecule has 0 aliphatic rings. The molecule has 0 aliphatic carbocycles. The number of carbonyl (C=O) groups is 1. The standard InChI is InChI=1S/C16H16BrF4N3O3S/c1-8-6-10(4-5-11(8)18)22-15(25)14-13(17)12(7-24(14)3)28(26,27)23-9(2)16(19,20)21/h4-7,9,23H,1-3H3,(H,22,25)/t9-/m1/s1. The Morgan fingerprint density at radius 1 is 1.29 bits per heavy atom. The van der Waals surface area contributed by atoms with E-state index in [1.54, 1.807) is 0 Å². The molecule has 2 aromatic rings. The zero-order valence-electron chi connectivity index (χ0n) is 14.9. The Morgan fingerprint density at radius 2 is 1.89 bits per heavy atom. The Hall–Kier alpha value is -1.92. The second kappa shape index (κ2) is 7.84. The molecule has 6 nitrogen and oxygen atoms in total. The van der Waals surface area contributed by atoms with Gasteiger partial charge in [0.25, 0.3) is 5.91 Å². The average Bonchev–Trinajstić information content (AvgIpc) is 2.85. The third kappa shape index (κ3) is 4.73. The third-order valence-corrected chi connectivity index (χ3v) is 6.45. The molecular weight excluding hydrogens is 470 g/mol. The van der Waals surface area contributed by atoms with Gasteiger partial charge in [-0.3, -0.25) is 4.79 Å². The van der Waals surface area contributed by atoms with Crippen molar-refractivity contribution >= 4 is 37.5 Å². The molecule has 0 saturated heterocycles. The van der Waals surface area contributed by atoms with Crippen molar-refractivity contribution in [2.45, 2.75) is 31.0 Å². The number of nitrogens with zero attached hydrogens (tertiary/aromatic N) is 1. The first-order valence-corrected chi connectivity index (χ1v) is 10.0. The summed E-state index contributed by atoms with van der Waals surface area (Å²) in [5.74, 6) is -1.19. The molecule has 1 heterocycles. The Bertz CT molecular complexity index is 1020. The van der Waals surface area contributed by atoms with E-state index in [9.17, 15) is 30.8 Å². The van der Waals surface area contributed by atoms with Crippen molar-refractivity contribution in [1.82, 2.24) is 9.29 Å². The second-order valence-electron chi connectivity index (χ2n) is 6.07. The first-order chi connectivity index (χ1) is 12.7. The van der Waals surface area contributed by atoms with Crippen LogP contribution < -0.4 is 10.0 Å². The number of rotatable bonds is 5. The van der Waals surface area contributed by atoms with Crippen LogP contribution in [0.3, 0.4) is 0 Å². The number of carbonyl (C=O) groups excluding carboxylic acids is 1. The highest BCUT2D eigenvalue weighted by molar-refractivity contribution is 9.10. The normalized spacial score (nSPS) is 13.4. The van der Waals surface area contributed by atoms with Crippen LogP contribution in [-0.2, 0) is 17.1 Å². The van der Waals surface area contributed by atoms with Gasteiger partial charge in [0, 0.05) is 18.9 Å². The smallest absolute Gasteiger partial charge is 0.344 e. The van der Waals surface area contributed by atoms with Crippen LogP contribution in [0.2, 0.25) is 0 Å². The van der Waals surface area contributed by atoms with Crippen molar-refractivity contribution in [2.75, 3.05) is 5.32 Å². The summed E-state index contributed by atoms with van der Waals surface area (Å²) in [4.78, 5) is 12.0. The number of hydrogen-bond acceptors (Lipinski definition) is 3. The quantitative estimate of drug-likeness (QED) is 0.633. The SMILES string of the molecule is Cc1cc(NC(=O)c2c(Br)c(S(=O)(=O)N[C@H](C)C(F)(F)F)cn2C)ccc1F. The fraction of sp³-hybridized carbons (Fsp3) is 0.312. The number of alkyl halides is 3. The Labute approximate surface area is 167 Å². The monoisotopic (exact) mass is 485 g/mol. The van der Waals surface area contributed by atoms with Crippen molar-refractivity contribution in [1.29, 1.82) is 0 Å². The largest absolute Gasteiger partial charge is 0.404 e. The highest BCUT2D eigenvalue weighted by atomic mass is 79.9. The molecule has 1 amide bonds. The van der Waals surface area contributed by atoms with Crippen LogP contribution in [0.15, 0.2) is 33.8 Å². The molecule has 0 saturated carbocycles. The minimum atomic E-state index is -4.77. The molecular formula is C16H16BrF4N3O3S. The maximum atomic E-state index is 13.3. The van der Waals surface area contributed by atoms with Gasteiger partial charge in [-0.25, -0.2) is 12.8 Å². The molecule has 1 aromatic heterocycles. The number of halogens is 5. The summed E-state index contributed by atoms with van der Waals surface area (Å²) in [7, 11) is -3.20. The van der Waals surface area contributed by atoms with E-state index in [2.05, 4.69) is 21.2 Å². The van der Waals surface area contributed by atoms with E-state index < -0.39 is 38.9 Å². The van der Waals surface area contributed by atoms with Gasteiger partial charge in [0.2, 0.25) is 10.0 Å². The molecule has 1 atom stereocenters. The van der Waals surface area contributed by atoms with Gasteiger partial charge in [0.15, 0.2) is 0 Å². The molecule has 0 bridgehead atoms. The van der Waals surface area contributed by atoms with Crippen LogP contribution in [0.5, 0.6) is 0 Å². The molecule has 154 valence electrons. The van der Waals surface area contributed by atoms with E-state index in [0.717, 1.165) is 16.8 Å². The summed E-state index contributed by atoms with van der Waals surface area (Å²) in [6.07, 6.45) is -3.75. The number of amides is 1. The lowest BCUT2D eigenvalue weighted by Gasteiger charge is -2.16. The molecule has 0 radical (unpaired) electrons. The lowest BCUT2D eigenvalue weighted by atomic mass is 10.2. The molecule has 12 heteroatoms. The summed E-state index contributed by atoms with van der Waals surface area (Å²) >= 11 is 2.98. The van der Waals surface area contributed by atoms with Crippen LogP contribution in [0, 0.1) is 12.7 Å². The summed E-state index contributed by atoms with van der Waals surface area (Å²) in [6, 6.07) is 1.54. The van der Waals surface area contributed by atoms with Gasteiger partial charge in [-0.1, -0.05) is 0 Å². The van der Waals surface area contributed by atoms with Crippen molar-refractivity contribution in [3.63, 3.8) is 0 Å². The van der Waals surface area contributed by atoms with Gasteiger partial charge in [0.05, 0.1) is 4.47 Å². The van der Waals surface area contributed by atoms with Gasteiger partial charge >= 0.3 is 6.18 Å². The number of benzene rings is 1. The first-order valence-electron chi connectivity index (χ1n) is 7.75. The number of sulfonamides is 1. The van der Waals surface area contributed by atoms with Gasteiger partial charge in [-0.05, 0) is 53.5 Å². The van der Waals surface area contributed by atoms with Gasteiger partial charge in [-0.2, -0.15) is 17.9 Å². The van der Waals surface area contributed by atoms with Gasteiger partial charge in [0.1, 0.15) is 22.4 Å². The Kier molecular flexibility index (Phi) is 6.26. The fourth-order valence-corrected chi connectivity index (χ4v) is 4.85. The number of anilines is 1. The molecule has 0 unspecified atom stereocenters. The third-order valence-electron chi connectivity index (χ3n) is 3.83. The zero-order valence-corrected chi connectivity index (χ0v) is 17.3. The van der Waals surface area contributed by atoms with E-state index in [1.807, 2.05) is 0 Å². The first kappa shape index (κ1) is 22.4. The molecule has 0 fully saturated rings. The van der Waals surface area contributed by atoms with Crippen molar-refractivity contribution in [2.24, 2.45) is 7.05 Å². The Balaban J connectivity index is 2.34. The predicted octanol–water partition coefficient (Wildman–Crippen LogP) is 3.72. The van der Waals surface area contributed by atoms with Crippen LogP contribution >= 0.6 is 15.9 Å². The molecule has 1 aromatic carbocycles. The van der Waals surface area contributed by atoms with Crippen LogP contribution in [0.4, 0.5) is 23.2 Å². The van der Waals surface area contributed by atoms with Crippen LogP contribution in [0.1, 0.15) is 23.0 Å². The fourth-order valence-electron chi connectivity index (χ4n) is 2.29. The maximum absolute atomic E-state index is 13.3. The van der Waals surface area contributed by atoms with Gasteiger partial charge in [-0.15, -0.1) is 0 Å². The second-order valence-corrected chi connectivity index (χ2v) is 8.54. The van der Waals surface area contributed by atoms with Crippen LogP contribution in [0.25, 0.3) is 0 Å². The zero-order chi connectivity index (χ0) is 21.4. The number of aryl methyl sites for hydroxylation is 2. The maximum Gasteiger partial charge on any atom is 0.404 e. The summed E-state index contributed by atoms with van der Waals surface area (Å²) in [5.41, 5.74) is 0.421. The highest BCUT2D eigenvalue weighted by Gasteiger charge is 2.40. The summed E-state index contributed by atoms with van der Waals surface area (Å²) < 4.78 is 78.5. The molecule has 0 spiro atoms. The number of aromatic nitrogens is 1. The highest BCUT2D eigenvalue weighted by Crippen LogP contribution is 2.30. The minimum Gasteiger partial charge on any atom is -0.344 e. The minimum absolute atomic E-state index is 0.137. The van der Waals surface area contributed by atoms with E-state index in [0.29, 0.717) is 6.92 Å². The van der Waals surface area contributed by atoms with E-state index in [1.165, 1.54) is 30.8 Å². The molecule has 0 aliphatic heterocycles. The molecule has 2 rings (SSSR count). The van der Waals surface area contributed by atoms with E-state index in [4.69, 9.17) is 0 Å². The van der Waals surface area contributed by atoms with E-state index in [-0.39, 0.29) is 21.4 Å². The average molecular weight is 486 g/mol. The molecule has 2 N–H and O–H groups in total. The summed E-state index contributed by atoms with van der Waals surface area (Å²) in [5, 5.41) is 2.49. The number of hydrogen-bond donors (Lipinski definition) is 2. The lowest BCUT2D eigenvalue weighted by molar-refractivity contribution is -0.147. The number of nitrogens with one attached hydrogen (secondary N) is 2. The van der Waals surface area contributed by atoms with Crippen molar-refractivity contribution in [3.05, 3.63) is 45.9 Å². The predicted molar refractivity (Wildman–Crippen MR) is 98.0 cm³/mol. The lowest BCUT2D eigenvalue weighted by Crippen LogP contribution is -2.42. The van der Waals surface area contributed by atoms with Crippen molar-refractivity contribution < 1.29 is 30.8 Å². The van der Waals surface area contributed by atoms with E-state index >= 15 is 0 Å². The van der Waals surface area contributed by atoms with Crippen LogP contribution in [-0.4, -0.2) is 31.1 Å². The topological polar surface area (TPSA) is 80.2 Å². The molecule has 28 heavy (non-hydrogen) atoms. The Morgan fingerprint density at radius 3 is 2.43 bits per heavy atom.